The fourth-order valence-electron chi connectivity index (χ4n) is 2.38. The highest BCUT2D eigenvalue weighted by molar-refractivity contribution is 5.37. The largest absolute Gasteiger partial charge is 0.494 e. The summed E-state index contributed by atoms with van der Waals surface area (Å²) in [6.07, 6.45) is 1.09. The van der Waals surface area contributed by atoms with Crippen molar-refractivity contribution in [1.29, 1.82) is 0 Å². The number of hydrogen-bond donors (Lipinski definition) is 1. The molecule has 0 atom stereocenters. The highest BCUT2D eigenvalue weighted by Crippen LogP contribution is 2.21. The number of nitrogens with one attached hydrogen (secondary N) is 1. The van der Waals surface area contributed by atoms with Crippen molar-refractivity contribution in [2.45, 2.75) is 33.4 Å². The second-order valence-corrected chi connectivity index (χ2v) is 4.76. The van der Waals surface area contributed by atoms with Crippen molar-refractivity contribution < 1.29 is 4.74 Å². The molecule has 1 heterocycles. The lowest BCUT2D eigenvalue weighted by Crippen LogP contribution is -2.25. The van der Waals surface area contributed by atoms with E-state index in [1.54, 1.807) is 0 Å². The van der Waals surface area contributed by atoms with E-state index in [1.807, 2.05) is 0 Å². The van der Waals surface area contributed by atoms with Gasteiger partial charge in [0.1, 0.15) is 5.75 Å². The monoisotopic (exact) mass is 248 g/mol. The SMILES string of the molecule is CCN(CC)CCCOc1ccc2c(c1)CNC2. The molecule has 3 nitrogen and oxygen atoms in total. The van der Waals surface area contributed by atoms with Gasteiger partial charge >= 0.3 is 0 Å². The van der Waals surface area contributed by atoms with Crippen molar-refractivity contribution in [3.05, 3.63) is 29.3 Å². The van der Waals surface area contributed by atoms with Gasteiger partial charge in [0.15, 0.2) is 0 Å². The van der Waals surface area contributed by atoms with Crippen LogP contribution in [-0.4, -0.2) is 31.1 Å². The summed E-state index contributed by atoms with van der Waals surface area (Å²) < 4.78 is 5.82. The van der Waals surface area contributed by atoms with Gasteiger partial charge in [-0.3, -0.25) is 0 Å². The lowest BCUT2D eigenvalue weighted by atomic mass is 10.1. The molecular formula is C15H24N2O. The average Bonchev–Trinajstić information content (AvgIpc) is 2.86. The minimum absolute atomic E-state index is 0.808. The molecule has 0 saturated heterocycles. The summed E-state index contributed by atoms with van der Waals surface area (Å²) in [7, 11) is 0. The standard InChI is InChI=1S/C15H24N2O/c1-3-17(4-2)8-5-9-18-15-7-6-13-11-16-12-14(13)10-15/h6-7,10,16H,3-5,8-9,11-12H2,1-2H3. The predicted molar refractivity (Wildman–Crippen MR) is 74.9 cm³/mol. The van der Waals surface area contributed by atoms with E-state index in [0.717, 1.165) is 51.5 Å². The van der Waals surface area contributed by atoms with Gasteiger partial charge in [-0.05, 0) is 42.8 Å². The minimum atomic E-state index is 0.808. The molecule has 1 aliphatic rings. The molecule has 0 aliphatic carbocycles. The van der Waals surface area contributed by atoms with Crippen LogP contribution in [-0.2, 0) is 13.1 Å². The Hall–Kier alpha value is -1.06. The van der Waals surface area contributed by atoms with Crippen LogP contribution in [0.3, 0.4) is 0 Å². The smallest absolute Gasteiger partial charge is 0.119 e. The molecule has 1 aromatic rings. The van der Waals surface area contributed by atoms with Crippen LogP contribution in [0.1, 0.15) is 31.4 Å². The van der Waals surface area contributed by atoms with Gasteiger partial charge in [0.25, 0.3) is 0 Å². The van der Waals surface area contributed by atoms with Crippen LogP contribution >= 0.6 is 0 Å². The predicted octanol–water partition coefficient (Wildman–Crippen LogP) is 2.40. The maximum absolute atomic E-state index is 5.82. The number of benzene rings is 1. The molecule has 0 aromatic heterocycles. The van der Waals surface area contributed by atoms with E-state index in [9.17, 15) is 0 Å². The maximum atomic E-state index is 5.82. The van der Waals surface area contributed by atoms with Gasteiger partial charge in [0.05, 0.1) is 6.61 Å². The topological polar surface area (TPSA) is 24.5 Å². The molecule has 0 amide bonds. The number of ether oxygens (including phenoxy) is 1. The number of hydrogen-bond acceptors (Lipinski definition) is 3. The third kappa shape index (κ3) is 3.47. The van der Waals surface area contributed by atoms with E-state index in [4.69, 9.17) is 4.74 Å². The summed E-state index contributed by atoms with van der Waals surface area (Å²) in [5.41, 5.74) is 2.79. The Morgan fingerprint density at radius 3 is 2.72 bits per heavy atom. The van der Waals surface area contributed by atoms with Gasteiger partial charge in [-0.15, -0.1) is 0 Å². The van der Waals surface area contributed by atoms with Crippen LogP contribution in [0.25, 0.3) is 0 Å². The fourth-order valence-corrected chi connectivity index (χ4v) is 2.38. The first-order valence-electron chi connectivity index (χ1n) is 7.01. The first kappa shape index (κ1) is 13.4. The Kier molecular flexibility index (Phi) is 5.02. The number of nitrogens with zero attached hydrogens (tertiary/aromatic N) is 1. The summed E-state index contributed by atoms with van der Waals surface area (Å²) in [5, 5.41) is 3.35. The Bertz CT molecular complexity index is 375. The zero-order valence-corrected chi connectivity index (χ0v) is 11.5. The Labute approximate surface area is 110 Å². The first-order valence-corrected chi connectivity index (χ1v) is 7.01. The molecule has 0 unspecified atom stereocenters. The van der Waals surface area contributed by atoms with Crippen molar-refractivity contribution in [1.82, 2.24) is 10.2 Å². The average molecular weight is 248 g/mol. The zero-order valence-electron chi connectivity index (χ0n) is 11.5. The van der Waals surface area contributed by atoms with Crippen LogP contribution in [0.5, 0.6) is 5.75 Å². The molecule has 3 heteroatoms. The van der Waals surface area contributed by atoms with Crippen molar-refractivity contribution in [2.75, 3.05) is 26.2 Å². The van der Waals surface area contributed by atoms with Gasteiger partial charge in [0.2, 0.25) is 0 Å². The second kappa shape index (κ2) is 6.76. The van der Waals surface area contributed by atoms with Gasteiger partial charge in [-0.1, -0.05) is 19.9 Å². The summed E-state index contributed by atoms with van der Waals surface area (Å²) in [4.78, 5) is 2.43. The van der Waals surface area contributed by atoms with Crippen molar-refractivity contribution in [3.8, 4) is 5.75 Å². The highest BCUT2D eigenvalue weighted by atomic mass is 16.5. The van der Waals surface area contributed by atoms with Crippen LogP contribution in [0.4, 0.5) is 0 Å². The van der Waals surface area contributed by atoms with Crippen LogP contribution in [0.2, 0.25) is 0 Å². The van der Waals surface area contributed by atoms with Crippen molar-refractivity contribution >= 4 is 0 Å². The lowest BCUT2D eigenvalue weighted by Gasteiger charge is -2.17. The summed E-state index contributed by atoms with van der Waals surface area (Å²) in [5.74, 6) is 1.01. The summed E-state index contributed by atoms with van der Waals surface area (Å²) >= 11 is 0. The number of rotatable bonds is 7. The zero-order chi connectivity index (χ0) is 12.8. The maximum Gasteiger partial charge on any atom is 0.119 e. The molecule has 2 rings (SSSR count). The van der Waals surface area contributed by atoms with E-state index in [0.29, 0.717) is 0 Å². The minimum Gasteiger partial charge on any atom is -0.494 e. The van der Waals surface area contributed by atoms with Gasteiger partial charge in [-0.25, -0.2) is 0 Å². The van der Waals surface area contributed by atoms with E-state index in [1.165, 1.54) is 11.1 Å². The summed E-state index contributed by atoms with van der Waals surface area (Å²) in [6.45, 7) is 10.6. The summed E-state index contributed by atoms with van der Waals surface area (Å²) in [6, 6.07) is 6.44. The normalized spacial score (nSPS) is 13.9. The Balaban J connectivity index is 1.74. The Morgan fingerprint density at radius 2 is 1.94 bits per heavy atom. The molecule has 18 heavy (non-hydrogen) atoms. The van der Waals surface area contributed by atoms with E-state index >= 15 is 0 Å². The van der Waals surface area contributed by atoms with E-state index in [2.05, 4.69) is 42.3 Å². The lowest BCUT2D eigenvalue weighted by molar-refractivity contribution is 0.249. The Morgan fingerprint density at radius 1 is 1.17 bits per heavy atom. The molecule has 0 saturated carbocycles. The molecule has 0 fully saturated rings. The fraction of sp³-hybridized carbons (Fsp3) is 0.600. The molecule has 1 aliphatic heterocycles. The molecular weight excluding hydrogens is 224 g/mol. The van der Waals surface area contributed by atoms with Crippen LogP contribution in [0, 0.1) is 0 Å². The van der Waals surface area contributed by atoms with Gasteiger partial charge < -0.3 is 15.0 Å². The van der Waals surface area contributed by atoms with E-state index in [-0.39, 0.29) is 0 Å². The molecule has 0 radical (unpaired) electrons. The van der Waals surface area contributed by atoms with Gasteiger partial charge in [0, 0.05) is 19.6 Å². The third-order valence-electron chi connectivity index (χ3n) is 3.59. The van der Waals surface area contributed by atoms with Crippen molar-refractivity contribution in [3.63, 3.8) is 0 Å². The first-order chi connectivity index (χ1) is 8.83. The quantitative estimate of drug-likeness (QED) is 0.750. The molecule has 100 valence electrons. The van der Waals surface area contributed by atoms with E-state index < -0.39 is 0 Å². The van der Waals surface area contributed by atoms with Crippen LogP contribution in [0.15, 0.2) is 18.2 Å². The molecule has 0 bridgehead atoms. The molecule has 1 aromatic carbocycles. The highest BCUT2D eigenvalue weighted by Gasteiger charge is 2.10. The second-order valence-electron chi connectivity index (χ2n) is 4.76. The van der Waals surface area contributed by atoms with Gasteiger partial charge in [-0.2, -0.15) is 0 Å². The number of fused-ring (bicyclic) bond motifs is 1. The third-order valence-corrected chi connectivity index (χ3v) is 3.59. The van der Waals surface area contributed by atoms with Crippen molar-refractivity contribution in [2.24, 2.45) is 0 Å². The van der Waals surface area contributed by atoms with Crippen LogP contribution < -0.4 is 10.1 Å². The molecule has 1 N–H and O–H groups in total. The molecule has 0 spiro atoms.